The number of nitrogens with one attached hydrogen (secondary N) is 1. The van der Waals surface area contributed by atoms with Gasteiger partial charge in [-0.25, -0.2) is 5.53 Å². The molecular formula is C24H43N3. The molecule has 0 fully saturated rings. The molecule has 1 rings (SSSR count). The molecular weight excluding hydrogens is 330 g/mol. The summed E-state index contributed by atoms with van der Waals surface area (Å²) in [7, 11) is 0. The molecule has 0 radical (unpaired) electrons. The summed E-state index contributed by atoms with van der Waals surface area (Å²) >= 11 is 0. The van der Waals surface area contributed by atoms with E-state index in [-0.39, 0.29) is 0 Å². The first-order chi connectivity index (χ1) is 13.1. The van der Waals surface area contributed by atoms with Crippen molar-refractivity contribution in [3.05, 3.63) is 23.3 Å². The third-order valence-electron chi connectivity index (χ3n) is 5.52. The normalized spacial score (nSPS) is 11.0. The number of hydrogen-bond acceptors (Lipinski definition) is 3. The molecule has 0 aliphatic rings. The largest absolute Gasteiger partial charge is 0.372 e. The van der Waals surface area contributed by atoms with Gasteiger partial charge in [-0.15, -0.1) is 0 Å². The molecule has 1 aromatic carbocycles. The first kappa shape index (κ1) is 23.7. The Kier molecular flexibility index (Phi) is 12.8. The zero-order chi connectivity index (χ0) is 19.9. The van der Waals surface area contributed by atoms with Crippen molar-refractivity contribution in [3.8, 4) is 0 Å². The summed E-state index contributed by atoms with van der Waals surface area (Å²) < 4.78 is 0. The number of unbranched alkanes of at least 4 members (excludes halogenated alkanes) is 10. The first-order valence-electron chi connectivity index (χ1n) is 11.4. The molecule has 1 N–H and O–H groups in total. The lowest BCUT2D eigenvalue weighted by Crippen LogP contribution is -2.26. The maximum atomic E-state index is 7.40. The van der Waals surface area contributed by atoms with Crippen LogP contribution in [0.3, 0.4) is 0 Å². The van der Waals surface area contributed by atoms with Gasteiger partial charge in [0.2, 0.25) is 0 Å². The lowest BCUT2D eigenvalue weighted by molar-refractivity contribution is 0.575. The summed E-state index contributed by atoms with van der Waals surface area (Å²) in [5.74, 6) is 0. The van der Waals surface area contributed by atoms with Gasteiger partial charge in [0.25, 0.3) is 0 Å². The lowest BCUT2D eigenvalue weighted by Gasteiger charge is -2.26. The van der Waals surface area contributed by atoms with Crippen LogP contribution in [0.1, 0.15) is 102 Å². The van der Waals surface area contributed by atoms with E-state index < -0.39 is 0 Å². The number of anilines is 1. The Morgan fingerprint density at radius 1 is 0.704 bits per heavy atom. The first-order valence-corrected chi connectivity index (χ1v) is 11.4. The van der Waals surface area contributed by atoms with E-state index in [2.05, 4.69) is 49.8 Å². The summed E-state index contributed by atoms with van der Waals surface area (Å²) in [4.78, 5) is 2.58. The second kappa shape index (κ2) is 14.6. The van der Waals surface area contributed by atoms with Crippen molar-refractivity contribution in [1.29, 1.82) is 5.53 Å². The zero-order valence-electron chi connectivity index (χ0n) is 18.4. The van der Waals surface area contributed by atoms with Crippen LogP contribution >= 0.6 is 0 Å². The van der Waals surface area contributed by atoms with E-state index in [0.29, 0.717) is 0 Å². The second-order valence-corrected chi connectivity index (χ2v) is 8.06. The standard InChI is InChI=1S/C24H43N3/c1-5-7-9-11-13-15-17-27(18-16-14-12-10-8-6-2)23-19-21(3)24(26-25)22(4)20-23/h19-20,25H,5-18H2,1-4H3. The van der Waals surface area contributed by atoms with E-state index in [0.717, 1.165) is 29.9 Å². The molecule has 154 valence electrons. The van der Waals surface area contributed by atoms with Gasteiger partial charge in [-0.3, -0.25) is 0 Å². The Morgan fingerprint density at radius 3 is 1.52 bits per heavy atom. The van der Waals surface area contributed by atoms with Crippen molar-refractivity contribution in [2.24, 2.45) is 5.11 Å². The van der Waals surface area contributed by atoms with E-state index in [4.69, 9.17) is 5.53 Å². The van der Waals surface area contributed by atoms with E-state index in [9.17, 15) is 0 Å². The molecule has 0 amide bonds. The Labute approximate surface area is 168 Å². The van der Waals surface area contributed by atoms with Gasteiger partial charge in [-0.2, -0.15) is 5.11 Å². The number of nitrogens with zero attached hydrogens (tertiary/aromatic N) is 2. The summed E-state index contributed by atoms with van der Waals surface area (Å²) in [6.07, 6.45) is 16.1. The minimum Gasteiger partial charge on any atom is -0.372 e. The maximum absolute atomic E-state index is 7.40. The van der Waals surface area contributed by atoms with Crippen molar-refractivity contribution < 1.29 is 0 Å². The van der Waals surface area contributed by atoms with Crippen molar-refractivity contribution in [2.75, 3.05) is 18.0 Å². The number of aryl methyl sites for hydroxylation is 2. The van der Waals surface area contributed by atoms with Gasteiger partial charge in [0.05, 0.1) is 5.69 Å². The predicted octanol–water partition coefficient (Wildman–Crippen LogP) is 8.49. The van der Waals surface area contributed by atoms with Crippen LogP contribution in [-0.4, -0.2) is 13.1 Å². The van der Waals surface area contributed by atoms with Crippen molar-refractivity contribution in [3.63, 3.8) is 0 Å². The third kappa shape index (κ3) is 9.39. The summed E-state index contributed by atoms with van der Waals surface area (Å²) in [5.41, 5.74) is 11.8. The average Bonchev–Trinajstić information content (AvgIpc) is 2.65. The molecule has 1 aromatic rings. The Bertz CT molecular complexity index is 485. The highest BCUT2D eigenvalue weighted by Gasteiger charge is 2.11. The lowest BCUT2D eigenvalue weighted by atomic mass is 10.1. The number of benzene rings is 1. The average molecular weight is 374 g/mol. The quantitative estimate of drug-likeness (QED) is 0.229. The molecule has 0 saturated heterocycles. The number of rotatable bonds is 16. The van der Waals surface area contributed by atoms with Crippen LogP contribution in [0.4, 0.5) is 11.4 Å². The fourth-order valence-electron chi connectivity index (χ4n) is 3.83. The summed E-state index contributed by atoms with van der Waals surface area (Å²) in [6.45, 7) is 11.0. The van der Waals surface area contributed by atoms with Gasteiger partial charge in [0.15, 0.2) is 0 Å². The highest BCUT2D eigenvalue weighted by Crippen LogP contribution is 2.29. The fourth-order valence-corrected chi connectivity index (χ4v) is 3.83. The van der Waals surface area contributed by atoms with Gasteiger partial charge in [-0.1, -0.05) is 78.1 Å². The Balaban J connectivity index is 2.62. The minimum absolute atomic E-state index is 0.831. The molecule has 0 aliphatic heterocycles. The molecule has 27 heavy (non-hydrogen) atoms. The van der Waals surface area contributed by atoms with Crippen LogP contribution < -0.4 is 4.90 Å². The topological polar surface area (TPSA) is 39.5 Å². The van der Waals surface area contributed by atoms with Crippen LogP contribution in [-0.2, 0) is 0 Å². The molecule has 3 heteroatoms. The fraction of sp³-hybridized carbons (Fsp3) is 0.750. The predicted molar refractivity (Wildman–Crippen MR) is 120 cm³/mol. The summed E-state index contributed by atoms with van der Waals surface area (Å²) in [5, 5.41) is 3.71. The molecule has 0 aromatic heterocycles. The van der Waals surface area contributed by atoms with E-state index in [1.807, 2.05) is 0 Å². The van der Waals surface area contributed by atoms with Gasteiger partial charge in [-0.05, 0) is 49.9 Å². The van der Waals surface area contributed by atoms with E-state index >= 15 is 0 Å². The zero-order valence-corrected chi connectivity index (χ0v) is 18.4. The van der Waals surface area contributed by atoms with Crippen LogP contribution in [0.15, 0.2) is 17.2 Å². The maximum Gasteiger partial charge on any atom is 0.0909 e. The molecule has 0 aliphatic carbocycles. The van der Waals surface area contributed by atoms with Crippen LogP contribution in [0, 0.1) is 19.4 Å². The van der Waals surface area contributed by atoms with Gasteiger partial charge >= 0.3 is 0 Å². The van der Waals surface area contributed by atoms with Crippen LogP contribution in [0.5, 0.6) is 0 Å². The molecule has 0 atom stereocenters. The van der Waals surface area contributed by atoms with Crippen LogP contribution in [0.25, 0.3) is 0 Å². The molecule has 3 nitrogen and oxygen atoms in total. The molecule has 0 bridgehead atoms. The SMILES string of the molecule is CCCCCCCCN(CCCCCCCC)c1cc(C)c(N=N)c(C)c1. The van der Waals surface area contributed by atoms with E-state index in [1.165, 1.54) is 82.7 Å². The monoisotopic (exact) mass is 373 g/mol. The van der Waals surface area contributed by atoms with Crippen molar-refractivity contribution in [1.82, 2.24) is 0 Å². The van der Waals surface area contributed by atoms with E-state index in [1.54, 1.807) is 0 Å². The van der Waals surface area contributed by atoms with Gasteiger partial charge < -0.3 is 4.90 Å². The van der Waals surface area contributed by atoms with Gasteiger partial charge in [0.1, 0.15) is 0 Å². The van der Waals surface area contributed by atoms with Crippen molar-refractivity contribution >= 4 is 11.4 Å². The highest BCUT2D eigenvalue weighted by molar-refractivity contribution is 5.62. The van der Waals surface area contributed by atoms with Crippen LogP contribution in [0.2, 0.25) is 0 Å². The summed E-state index contributed by atoms with van der Waals surface area (Å²) in [6, 6.07) is 4.46. The van der Waals surface area contributed by atoms with Gasteiger partial charge in [0, 0.05) is 18.8 Å². The smallest absolute Gasteiger partial charge is 0.0909 e. The minimum atomic E-state index is 0.831. The Hall–Kier alpha value is -1.38. The third-order valence-corrected chi connectivity index (χ3v) is 5.52. The second-order valence-electron chi connectivity index (χ2n) is 8.06. The molecule has 0 unspecified atom stereocenters. The molecule has 0 saturated carbocycles. The molecule has 0 spiro atoms. The number of hydrogen-bond donors (Lipinski definition) is 1. The Morgan fingerprint density at radius 2 is 1.11 bits per heavy atom. The van der Waals surface area contributed by atoms with Crippen molar-refractivity contribution in [2.45, 2.75) is 105 Å². The highest BCUT2D eigenvalue weighted by atomic mass is 15.1. The molecule has 0 heterocycles.